The molecule has 0 saturated carbocycles. The molecule has 0 atom stereocenters. The van der Waals surface area contributed by atoms with E-state index < -0.39 is 0 Å². The van der Waals surface area contributed by atoms with Crippen LogP contribution in [0.3, 0.4) is 0 Å². The number of pyridine rings is 1. The van der Waals surface area contributed by atoms with E-state index in [4.69, 9.17) is 0 Å². The summed E-state index contributed by atoms with van der Waals surface area (Å²) >= 11 is 2.26. The number of hydrogen-bond acceptors (Lipinski definition) is 1. The first kappa shape index (κ1) is 12.3. The zero-order valence-electron chi connectivity index (χ0n) is 11.4. The van der Waals surface area contributed by atoms with Crippen LogP contribution in [-0.2, 0) is 7.05 Å². The molecule has 0 aliphatic carbocycles. The molecular formula is C17H14NSSe+. The van der Waals surface area contributed by atoms with Gasteiger partial charge >= 0.3 is 128 Å². The van der Waals surface area contributed by atoms with Gasteiger partial charge in [-0.3, -0.25) is 0 Å². The van der Waals surface area contributed by atoms with Crippen LogP contribution in [-0.4, -0.2) is 14.5 Å². The summed E-state index contributed by atoms with van der Waals surface area (Å²) in [6.45, 7) is 2.21. The van der Waals surface area contributed by atoms with E-state index >= 15 is 0 Å². The molecule has 20 heavy (non-hydrogen) atoms. The summed E-state index contributed by atoms with van der Waals surface area (Å²) in [4.78, 5) is 1.42. The Labute approximate surface area is 127 Å². The molecule has 0 fully saturated rings. The van der Waals surface area contributed by atoms with Crippen LogP contribution in [0, 0.1) is 6.92 Å². The number of fused-ring (bicyclic) bond motifs is 3. The van der Waals surface area contributed by atoms with Gasteiger partial charge < -0.3 is 0 Å². The molecule has 0 unspecified atom stereocenters. The first-order chi connectivity index (χ1) is 9.75. The summed E-state index contributed by atoms with van der Waals surface area (Å²) in [5.74, 6) is 0. The van der Waals surface area contributed by atoms with Crippen molar-refractivity contribution >= 4 is 45.1 Å². The van der Waals surface area contributed by atoms with Crippen molar-refractivity contribution in [2.24, 2.45) is 7.05 Å². The molecule has 0 aliphatic heterocycles. The average molecular weight is 343 g/mol. The minimum atomic E-state index is 0.413. The van der Waals surface area contributed by atoms with Crippen molar-refractivity contribution in [1.82, 2.24) is 0 Å². The van der Waals surface area contributed by atoms with E-state index in [0.717, 1.165) is 0 Å². The van der Waals surface area contributed by atoms with E-state index in [1.54, 1.807) is 0 Å². The van der Waals surface area contributed by atoms with Gasteiger partial charge in [0.15, 0.2) is 0 Å². The molecule has 3 heteroatoms. The van der Waals surface area contributed by atoms with Gasteiger partial charge in [-0.1, -0.05) is 0 Å². The Balaban J connectivity index is 2.19. The number of aromatic nitrogens is 1. The quantitative estimate of drug-likeness (QED) is 0.364. The Hall–Kier alpha value is -1.41. The normalized spacial score (nSPS) is 11.5. The van der Waals surface area contributed by atoms with Gasteiger partial charge in [-0.05, 0) is 0 Å². The van der Waals surface area contributed by atoms with Crippen LogP contribution < -0.4 is 4.57 Å². The van der Waals surface area contributed by atoms with Crippen molar-refractivity contribution in [3.8, 4) is 10.6 Å². The van der Waals surface area contributed by atoms with Crippen molar-refractivity contribution in [2.75, 3.05) is 0 Å². The SMILES string of the molecule is Cc1ccsc1-c1c2[se]c3ccccc3c2cc[n+]1C. The van der Waals surface area contributed by atoms with Crippen molar-refractivity contribution in [1.29, 1.82) is 0 Å². The third kappa shape index (κ3) is 1.71. The van der Waals surface area contributed by atoms with E-state index in [9.17, 15) is 0 Å². The van der Waals surface area contributed by atoms with Gasteiger partial charge in [-0.25, -0.2) is 0 Å². The second kappa shape index (κ2) is 4.56. The van der Waals surface area contributed by atoms with Crippen LogP contribution in [0.15, 0.2) is 48.0 Å². The Morgan fingerprint density at radius 2 is 1.90 bits per heavy atom. The zero-order chi connectivity index (χ0) is 13.7. The van der Waals surface area contributed by atoms with Crippen LogP contribution in [0.25, 0.3) is 29.9 Å². The van der Waals surface area contributed by atoms with Gasteiger partial charge in [-0.15, -0.1) is 0 Å². The summed E-state index contributed by atoms with van der Waals surface area (Å²) in [7, 11) is 2.16. The van der Waals surface area contributed by atoms with Crippen LogP contribution in [0.1, 0.15) is 5.56 Å². The van der Waals surface area contributed by atoms with Gasteiger partial charge in [0.25, 0.3) is 0 Å². The third-order valence-corrected chi connectivity index (χ3v) is 7.27. The maximum atomic E-state index is 2.28. The number of nitrogens with zero attached hydrogens (tertiary/aromatic N) is 1. The van der Waals surface area contributed by atoms with Gasteiger partial charge in [-0.2, -0.15) is 0 Å². The average Bonchev–Trinajstić information content (AvgIpc) is 3.02. The van der Waals surface area contributed by atoms with E-state index in [0.29, 0.717) is 14.5 Å². The first-order valence-corrected chi connectivity index (χ1v) is 9.19. The second-order valence-electron chi connectivity index (χ2n) is 5.05. The molecule has 0 saturated heterocycles. The van der Waals surface area contributed by atoms with Gasteiger partial charge in [0.05, 0.1) is 0 Å². The number of thiophene rings is 1. The van der Waals surface area contributed by atoms with Gasteiger partial charge in [0, 0.05) is 0 Å². The fourth-order valence-corrected chi connectivity index (χ4v) is 6.57. The van der Waals surface area contributed by atoms with Crippen LogP contribution >= 0.6 is 11.3 Å². The molecule has 4 aromatic rings. The Morgan fingerprint density at radius 3 is 2.70 bits per heavy atom. The van der Waals surface area contributed by atoms with Crippen molar-refractivity contribution in [2.45, 2.75) is 6.92 Å². The Morgan fingerprint density at radius 1 is 1.05 bits per heavy atom. The zero-order valence-corrected chi connectivity index (χ0v) is 13.9. The van der Waals surface area contributed by atoms with Gasteiger partial charge in [0.1, 0.15) is 0 Å². The summed E-state index contributed by atoms with van der Waals surface area (Å²) in [5, 5.41) is 5.05. The number of benzene rings is 1. The molecule has 0 radical (unpaired) electrons. The van der Waals surface area contributed by atoms with E-state index in [1.165, 1.54) is 35.4 Å². The van der Waals surface area contributed by atoms with Crippen molar-refractivity contribution in [3.05, 3.63) is 53.5 Å². The predicted octanol–water partition coefficient (Wildman–Crippen LogP) is 3.91. The number of aryl methyl sites for hydroxylation is 2. The van der Waals surface area contributed by atoms with Crippen LogP contribution in [0.2, 0.25) is 0 Å². The van der Waals surface area contributed by atoms with E-state index in [-0.39, 0.29) is 0 Å². The minimum absolute atomic E-state index is 0.413. The molecule has 4 rings (SSSR count). The van der Waals surface area contributed by atoms with E-state index in [2.05, 4.69) is 66.5 Å². The summed E-state index contributed by atoms with van der Waals surface area (Å²) in [6, 6.07) is 13.3. The number of hydrogen-bond donors (Lipinski definition) is 0. The summed E-state index contributed by atoms with van der Waals surface area (Å²) in [5.41, 5.74) is 2.79. The topological polar surface area (TPSA) is 3.88 Å². The van der Waals surface area contributed by atoms with Crippen LogP contribution in [0.4, 0.5) is 0 Å². The molecule has 0 spiro atoms. The van der Waals surface area contributed by atoms with Crippen molar-refractivity contribution < 1.29 is 4.57 Å². The predicted molar refractivity (Wildman–Crippen MR) is 87.6 cm³/mol. The van der Waals surface area contributed by atoms with Gasteiger partial charge in [0.2, 0.25) is 0 Å². The second-order valence-corrected chi connectivity index (χ2v) is 8.17. The Kier molecular flexibility index (Phi) is 2.81. The fourth-order valence-electron chi connectivity index (χ4n) is 2.71. The summed E-state index contributed by atoms with van der Waals surface area (Å²) < 4.78 is 5.33. The molecule has 3 heterocycles. The molecule has 1 aromatic carbocycles. The standard InChI is InChI=1S/C17H14NSSe/c1-11-8-10-19-16(11)15-17-13(7-9-18(15)2)12-5-3-4-6-14(12)20-17/h3-10H,1-2H3/q+1. The molecule has 0 aliphatic rings. The van der Waals surface area contributed by atoms with Crippen LogP contribution in [0.5, 0.6) is 0 Å². The summed E-state index contributed by atoms with van der Waals surface area (Å²) in [6.07, 6.45) is 2.20. The fraction of sp³-hybridized carbons (Fsp3) is 0.118. The first-order valence-electron chi connectivity index (χ1n) is 6.60. The number of rotatable bonds is 1. The van der Waals surface area contributed by atoms with Crippen molar-refractivity contribution in [3.63, 3.8) is 0 Å². The molecular weight excluding hydrogens is 329 g/mol. The molecule has 3 aromatic heterocycles. The monoisotopic (exact) mass is 344 g/mol. The Bertz CT molecular complexity index is 933. The molecule has 98 valence electrons. The molecule has 1 nitrogen and oxygen atoms in total. The molecule has 0 N–H and O–H groups in total. The maximum absolute atomic E-state index is 2.28. The van der Waals surface area contributed by atoms with E-state index in [1.807, 2.05) is 11.3 Å². The third-order valence-electron chi connectivity index (χ3n) is 3.74. The molecule has 0 bridgehead atoms. The molecule has 0 amide bonds.